The number of rotatable bonds is 3. The summed E-state index contributed by atoms with van der Waals surface area (Å²) < 4.78 is 4.27. The second-order valence-corrected chi connectivity index (χ2v) is 5.59. The number of hydrogen-bond acceptors (Lipinski definition) is 4. The van der Waals surface area contributed by atoms with Gasteiger partial charge >= 0.3 is 17.9 Å². The molecule has 0 aromatic heterocycles. The van der Waals surface area contributed by atoms with Gasteiger partial charge in [-0.05, 0) is 26.2 Å². The standard InChI is InChI=1S/C7H12O2.2C5H8O2/c1-7(2,3)5-4-6(8)9;1-4(2)5(6)7-3;1-3-4(2)5(6)7/h4-5H,1-3H3,(H,8,9);1H2,2-3H3;3H,1-2H3,(H,6,7). The third kappa shape index (κ3) is 25.0. The van der Waals surface area contributed by atoms with Gasteiger partial charge in [0.1, 0.15) is 0 Å². The van der Waals surface area contributed by atoms with Crippen molar-refractivity contribution in [2.24, 2.45) is 5.41 Å². The Kier molecular flexibility index (Phi) is 14.8. The molecule has 0 heterocycles. The Morgan fingerprint density at radius 3 is 1.57 bits per heavy atom. The molecular weight excluding hydrogens is 300 g/mol. The lowest BCUT2D eigenvalue weighted by Gasteiger charge is -2.09. The van der Waals surface area contributed by atoms with Crippen LogP contribution in [-0.2, 0) is 19.1 Å². The Bertz CT molecular complexity index is 464. The fourth-order valence-corrected chi connectivity index (χ4v) is 0.619. The third-order valence-electron chi connectivity index (χ3n) is 2.03. The molecular formula is C17H28O6. The van der Waals surface area contributed by atoms with Crippen LogP contribution in [0.15, 0.2) is 36.0 Å². The number of ether oxygens (including phenoxy) is 1. The van der Waals surface area contributed by atoms with Gasteiger partial charge in [-0.3, -0.25) is 0 Å². The van der Waals surface area contributed by atoms with E-state index < -0.39 is 11.9 Å². The Balaban J connectivity index is -0.000000264. The van der Waals surface area contributed by atoms with Crippen molar-refractivity contribution in [1.82, 2.24) is 0 Å². The predicted molar refractivity (Wildman–Crippen MR) is 90.1 cm³/mol. The Morgan fingerprint density at radius 1 is 1.09 bits per heavy atom. The van der Waals surface area contributed by atoms with Gasteiger partial charge in [0.05, 0.1) is 7.11 Å². The molecule has 6 nitrogen and oxygen atoms in total. The summed E-state index contributed by atoms with van der Waals surface area (Å²) in [7, 11) is 1.33. The number of allylic oxidation sites excluding steroid dienone is 2. The molecule has 0 aliphatic carbocycles. The highest BCUT2D eigenvalue weighted by Crippen LogP contribution is 2.13. The van der Waals surface area contributed by atoms with Gasteiger partial charge in [-0.25, -0.2) is 14.4 Å². The first-order valence-corrected chi connectivity index (χ1v) is 6.80. The minimum absolute atomic E-state index is 0.0294. The van der Waals surface area contributed by atoms with E-state index in [4.69, 9.17) is 10.2 Å². The maximum Gasteiger partial charge on any atom is 0.332 e. The van der Waals surface area contributed by atoms with E-state index in [-0.39, 0.29) is 11.4 Å². The molecule has 0 spiro atoms. The van der Waals surface area contributed by atoms with Crippen molar-refractivity contribution in [3.05, 3.63) is 36.0 Å². The maximum atomic E-state index is 10.2. The zero-order valence-electron chi connectivity index (χ0n) is 15.0. The summed E-state index contributed by atoms with van der Waals surface area (Å²) in [6, 6.07) is 0. The minimum Gasteiger partial charge on any atom is -0.478 e. The first kappa shape index (κ1) is 25.6. The van der Waals surface area contributed by atoms with E-state index in [2.05, 4.69) is 11.3 Å². The lowest BCUT2D eigenvalue weighted by Crippen LogP contribution is -2.00. The maximum absolute atomic E-state index is 10.2. The number of carboxylic acids is 2. The topological polar surface area (TPSA) is 101 Å². The van der Waals surface area contributed by atoms with Crippen LogP contribution in [-0.4, -0.2) is 35.2 Å². The molecule has 0 amide bonds. The van der Waals surface area contributed by atoms with Crippen LogP contribution in [0.2, 0.25) is 0 Å². The quantitative estimate of drug-likeness (QED) is 0.608. The molecule has 0 unspecified atom stereocenters. The highest BCUT2D eigenvalue weighted by molar-refractivity contribution is 5.86. The minimum atomic E-state index is -0.884. The van der Waals surface area contributed by atoms with Crippen LogP contribution in [0, 0.1) is 5.41 Å². The second kappa shape index (κ2) is 13.3. The molecule has 6 heteroatoms. The lowest BCUT2D eigenvalue weighted by atomic mass is 9.96. The van der Waals surface area contributed by atoms with Gasteiger partial charge in [0.15, 0.2) is 0 Å². The van der Waals surface area contributed by atoms with E-state index in [1.54, 1.807) is 32.9 Å². The van der Waals surface area contributed by atoms with Crippen LogP contribution in [0.5, 0.6) is 0 Å². The summed E-state index contributed by atoms with van der Waals surface area (Å²) >= 11 is 0. The van der Waals surface area contributed by atoms with Crippen LogP contribution in [0.4, 0.5) is 0 Å². The van der Waals surface area contributed by atoms with Crippen molar-refractivity contribution in [2.45, 2.75) is 41.5 Å². The first-order chi connectivity index (χ1) is 10.3. The molecule has 0 aliphatic heterocycles. The van der Waals surface area contributed by atoms with Gasteiger partial charge in [-0.1, -0.05) is 39.5 Å². The Morgan fingerprint density at radius 2 is 1.52 bits per heavy atom. The molecule has 0 aromatic rings. The summed E-state index contributed by atoms with van der Waals surface area (Å²) in [6.45, 7) is 14.1. The monoisotopic (exact) mass is 328 g/mol. The van der Waals surface area contributed by atoms with E-state index in [9.17, 15) is 14.4 Å². The molecule has 0 radical (unpaired) electrons. The SMILES string of the molecule is C=C(C)C(=O)OC.CC(C)(C)C=CC(=O)O.CC=C(C)C(=O)O. The van der Waals surface area contributed by atoms with Crippen LogP contribution >= 0.6 is 0 Å². The van der Waals surface area contributed by atoms with E-state index >= 15 is 0 Å². The van der Waals surface area contributed by atoms with Crippen LogP contribution in [0.1, 0.15) is 41.5 Å². The molecule has 0 aliphatic rings. The number of carbonyl (C=O) groups is 3. The van der Waals surface area contributed by atoms with Crippen molar-refractivity contribution in [2.75, 3.05) is 7.11 Å². The highest BCUT2D eigenvalue weighted by atomic mass is 16.5. The van der Waals surface area contributed by atoms with Crippen LogP contribution in [0.25, 0.3) is 0 Å². The van der Waals surface area contributed by atoms with Gasteiger partial charge in [0.25, 0.3) is 0 Å². The molecule has 2 N–H and O–H groups in total. The number of carbonyl (C=O) groups excluding carboxylic acids is 1. The average Bonchev–Trinajstić information content (AvgIpc) is 2.43. The van der Waals surface area contributed by atoms with E-state index in [0.717, 1.165) is 0 Å². The van der Waals surface area contributed by atoms with Gasteiger partial charge in [-0.15, -0.1) is 0 Å². The second-order valence-electron chi connectivity index (χ2n) is 5.59. The van der Waals surface area contributed by atoms with Crippen molar-refractivity contribution in [3.63, 3.8) is 0 Å². The third-order valence-corrected chi connectivity index (χ3v) is 2.03. The number of esters is 1. The van der Waals surface area contributed by atoms with Crippen molar-refractivity contribution < 1.29 is 29.3 Å². The molecule has 23 heavy (non-hydrogen) atoms. The van der Waals surface area contributed by atoms with E-state index in [1.165, 1.54) is 13.2 Å². The molecule has 0 fully saturated rings. The summed E-state index contributed by atoms with van der Waals surface area (Å²) in [6.07, 6.45) is 4.39. The Labute approximate surface area is 138 Å². The van der Waals surface area contributed by atoms with Crippen molar-refractivity contribution in [1.29, 1.82) is 0 Å². The number of hydrogen-bond donors (Lipinski definition) is 2. The molecule has 0 saturated carbocycles. The first-order valence-electron chi connectivity index (χ1n) is 6.80. The van der Waals surface area contributed by atoms with E-state index in [0.29, 0.717) is 11.1 Å². The van der Waals surface area contributed by atoms with Gasteiger partial charge in [0.2, 0.25) is 0 Å². The van der Waals surface area contributed by atoms with Gasteiger partial charge < -0.3 is 14.9 Å². The summed E-state index contributed by atoms with van der Waals surface area (Å²) in [5.41, 5.74) is 0.792. The number of methoxy groups -OCH3 is 1. The summed E-state index contributed by atoms with van der Waals surface area (Å²) in [4.78, 5) is 30.0. The van der Waals surface area contributed by atoms with Crippen molar-refractivity contribution >= 4 is 17.9 Å². The zero-order valence-corrected chi connectivity index (χ0v) is 15.0. The Hall–Kier alpha value is -2.37. The van der Waals surface area contributed by atoms with Crippen molar-refractivity contribution in [3.8, 4) is 0 Å². The lowest BCUT2D eigenvalue weighted by molar-refractivity contribution is -0.136. The normalized spacial score (nSPS) is 10.7. The molecule has 0 rings (SSSR count). The molecule has 0 aromatic carbocycles. The fraction of sp³-hybridized carbons (Fsp3) is 0.471. The van der Waals surface area contributed by atoms with Crippen LogP contribution in [0.3, 0.4) is 0 Å². The molecule has 0 bridgehead atoms. The fourth-order valence-electron chi connectivity index (χ4n) is 0.619. The number of aliphatic carboxylic acids is 2. The molecule has 132 valence electrons. The summed E-state index contributed by atoms with van der Waals surface area (Å²) in [5, 5.41) is 16.3. The zero-order chi connectivity index (χ0) is 19.2. The molecule has 0 saturated heterocycles. The highest BCUT2D eigenvalue weighted by Gasteiger charge is 2.03. The van der Waals surface area contributed by atoms with Crippen LogP contribution < -0.4 is 0 Å². The smallest absolute Gasteiger partial charge is 0.332 e. The average molecular weight is 328 g/mol. The van der Waals surface area contributed by atoms with Gasteiger partial charge in [0, 0.05) is 17.2 Å². The van der Waals surface area contributed by atoms with E-state index in [1.807, 2.05) is 20.8 Å². The summed E-state index contributed by atoms with van der Waals surface area (Å²) in [5.74, 6) is -2.08. The largest absolute Gasteiger partial charge is 0.478 e. The molecule has 0 atom stereocenters. The number of carboxylic acid groups (broad SMARTS) is 2. The predicted octanol–water partition coefficient (Wildman–Crippen LogP) is 3.45. The van der Waals surface area contributed by atoms with Gasteiger partial charge in [-0.2, -0.15) is 0 Å².